The second-order valence-corrected chi connectivity index (χ2v) is 10.7. The van der Waals surface area contributed by atoms with Crippen molar-refractivity contribution in [3.05, 3.63) is 46.6 Å². The number of aromatic hydroxyl groups is 1. The van der Waals surface area contributed by atoms with E-state index in [1.165, 1.54) is 23.1 Å². The van der Waals surface area contributed by atoms with E-state index in [4.69, 9.17) is 28.5 Å². The minimum absolute atomic E-state index is 0.0320. The van der Waals surface area contributed by atoms with Gasteiger partial charge in [0.1, 0.15) is 27.0 Å². The van der Waals surface area contributed by atoms with Crippen molar-refractivity contribution in [3.8, 4) is 5.75 Å². The third-order valence-electron chi connectivity index (χ3n) is 5.13. The predicted octanol–water partition coefficient (Wildman–Crippen LogP) is 1.60. The number of nitrogens with one attached hydrogen (secondary N) is 2. The van der Waals surface area contributed by atoms with Crippen molar-refractivity contribution in [2.45, 2.75) is 23.2 Å². The summed E-state index contributed by atoms with van der Waals surface area (Å²) in [5.74, 6) is -1.05. The van der Waals surface area contributed by atoms with Crippen LogP contribution in [0.25, 0.3) is 10.2 Å². The molecule has 0 bridgehead atoms. The van der Waals surface area contributed by atoms with Crippen LogP contribution in [0.15, 0.2) is 34.5 Å². The number of fused-ring (bicyclic) bond motifs is 1. The van der Waals surface area contributed by atoms with Gasteiger partial charge in [0.05, 0.1) is 22.3 Å². The molecule has 3 aromatic rings. The molecule has 2 aromatic heterocycles. The van der Waals surface area contributed by atoms with Crippen LogP contribution in [0.5, 0.6) is 5.75 Å². The molecule has 10 nitrogen and oxygen atoms in total. The lowest BCUT2D eigenvalue weighted by Gasteiger charge is -2.20. The maximum atomic E-state index is 12.9. The lowest BCUT2D eigenvalue weighted by atomic mass is 10.1. The molecule has 3 heterocycles. The van der Waals surface area contributed by atoms with E-state index in [0.717, 1.165) is 11.3 Å². The van der Waals surface area contributed by atoms with Gasteiger partial charge in [0, 0.05) is 17.8 Å². The van der Waals surface area contributed by atoms with Gasteiger partial charge in [-0.3, -0.25) is 10.2 Å². The third kappa shape index (κ3) is 4.09. The summed E-state index contributed by atoms with van der Waals surface area (Å²) in [5.41, 5.74) is 12.5. The number of hydrogen-bond donors (Lipinski definition) is 5. The highest BCUT2D eigenvalue weighted by Crippen LogP contribution is 2.32. The van der Waals surface area contributed by atoms with Crippen molar-refractivity contribution in [2.24, 2.45) is 5.73 Å². The van der Waals surface area contributed by atoms with Crippen LogP contribution in [-0.2, 0) is 21.4 Å². The van der Waals surface area contributed by atoms with Crippen molar-refractivity contribution in [1.29, 1.82) is 5.41 Å². The molecule has 1 aliphatic heterocycles. The van der Waals surface area contributed by atoms with Gasteiger partial charge in [0.2, 0.25) is 5.91 Å². The Hall–Kier alpha value is -2.93. The molecule has 1 fully saturated rings. The van der Waals surface area contributed by atoms with Crippen LogP contribution >= 0.6 is 22.9 Å². The number of pyridine rings is 1. The average Bonchev–Trinajstić information content (AvgIpc) is 3.29. The molecule has 13 heteroatoms. The van der Waals surface area contributed by atoms with E-state index in [1.54, 1.807) is 12.1 Å². The summed E-state index contributed by atoms with van der Waals surface area (Å²) in [6, 6.07) is 6.63. The Kier molecular flexibility index (Phi) is 5.71. The number of hydrogen-bond acceptors (Lipinski definition) is 8. The zero-order chi connectivity index (χ0) is 23.2. The van der Waals surface area contributed by atoms with Crippen molar-refractivity contribution in [2.75, 3.05) is 12.3 Å². The number of rotatable bonds is 6. The Morgan fingerprint density at radius 3 is 2.84 bits per heavy atom. The van der Waals surface area contributed by atoms with E-state index in [2.05, 4.69) is 9.71 Å². The molecule has 1 aromatic carbocycles. The number of phenols is 1. The number of phenolic OH excluding ortho intramolecular Hbond substituents is 1. The molecule has 1 amide bonds. The van der Waals surface area contributed by atoms with Crippen LogP contribution in [0.2, 0.25) is 5.15 Å². The summed E-state index contributed by atoms with van der Waals surface area (Å²) in [5, 5.41) is 18.2. The number of carbonyl (C=O) groups excluding carboxylic acids is 1. The van der Waals surface area contributed by atoms with Crippen molar-refractivity contribution >= 4 is 60.6 Å². The van der Waals surface area contributed by atoms with Gasteiger partial charge < -0.3 is 21.5 Å². The fraction of sp³-hybridized carbons (Fsp3) is 0.211. The topological polar surface area (TPSA) is 175 Å². The van der Waals surface area contributed by atoms with Crippen LogP contribution < -0.4 is 16.2 Å². The predicted molar refractivity (Wildman–Crippen MR) is 122 cm³/mol. The normalized spacial score (nSPS) is 16.7. The Balaban J connectivity index is 1.52. The van der Waals surface area contributed by atoms with Gasteiger partial charge in [-0.1, -0.05) is 11.6 Å². The number of carbonyl (C=O) groups is 1. The molecule has 0 aliphatic carbocycles. The third-order valence-corrected chi connectivity index (χ3v) is 8.38. The van der Waals surface area contributed by atoms with Crippen LogP contribution in [0.1, 0.15) is 17.5 Å². The number of amides is 1. The molecule has 1 saturated heterocycles. The largest absolute Gasteiger partial charge is 0.507 e. The second-order valence-electron chi connectivity index (χ2n) is 7.25. The van der Waals surface area contributed by atoms with Gasteiger partial charge in [-0.05, 0) is 36.8 Å². The van der Waals surface area contributed by atoms with Gasteiger partial charge in [0.25, 0.3) is 10.0 Å². The fourth-order valence-corrected chi connectivity index (χ4v) is 6.20. The smallest absolute Gasteiger partial charge is 0.250 e. The second kappa shape index (κ2) is 8.20. The van der Waals surface area contributed by atoms with E-state index in [-0.39, 0.29) is 57.3 Å². The van der Waals surface area contributed by atoms with E-state index in [9.17, 15) is 18.3 Å². The summed E-state index contributed by atoms with van der Waals surface area (Å²) in [6.45, 7) is 0.222. The van der Waals surface area contributed by atoms with Gasteiger partial charge in [-0.15, -0.1) is 11.3 Å². The first-order valence-electron chi connectivity index (χ1n) is 9.39. The molecule has 1 unspecified atom stereocenters. The van der Waals surface area contributed by atoms with E-state index < -0.39 is 22.0 Å². The zero-order valence-electron chi connectivity index (χ0n) is 16.5. The Morgan fingerprint density at radius 2 is 2.12 bits per heavy atom. The monoisotopic (exact) mass is 494 g/mol. The highest BCUT2D eigenvalue weighted by atomic mass is 35.5. The first-order valence-corrected chi connectivity index (χ1v) is 12.1. The molecule has 4 rings (SSSR count). The average molecular weight is 495 g/mol. The summed E-state index contributed by atoms with van der Waals surface area (Å²) in [7, 11) is -3.96. The molecule has 168 valence electrons. The molecule has 1 aliphatic rings. The number of nitrogens with zero attached hydrogens (tertiary/aromatic N) is 2. The van der Waals surface area contributed by atoms with Crippen molar-refractivity contribution in [3.63, 3.8) is 0 Å². The molecule has 0 spiro atoms. The number of likely N-dealkylation sites (tertiary alicyclic amines) is 1. The minimum Gasteiger partial charge on any atom is -0.507 e. The highest BCUT2D eigenvalue weighted by molar-refractivity contribution is 7.91. The highest BCUT2D eigenvalue weighted by Gasteiger charge is 2.36. The first-order chi connectivity index (χ1) is 15.1. The molecular weight excluding hydrogens is 476 g/mol. The Labute approximate surface area is 192 Å². The number of thiophene rings is 1. The number of nitrogen functional groups attached to an aromatic ring is 2. The van der Waals surface area contributed by atoms with E-state index >= 15 is 0 Å². The molecule has 0 radical (unpaired) electrons. The summed E-state index contributed by atoms with van der Waals surface area (Å²) in [4.78, 5) is 18.4. The van der Waals surface area contributed by atoms with Gasteiger partial charge in [0.15, 0.2) is 0 Å². The number of nitrogens with two attached hydrogens (primary N) is 2. The van der Waals surface area contributed by atoms with E-state index in [1.807, 2.05) is 0 Å². The van der Waals surface area contributed by atoms with Crippen molar-refractivity contribution in [1.82, 2.24) is 14.6 Å². The fourth-order valence-electron chi connectivity index (χ4n) is 3.49. The lowest BCUT2D eigenvalue weighted by Crippen LogP contribution is -2.41. The van der Waals surface area contributed by atoms with Gasteiger partial charge in [-0.2, -0.15) is 4.72 Å². The number of aromatic nitrogens is 1. The summed E-state index contributed by atoms with van der Waals surface area (Å²) in [6.07, 6.45) is 0.250. The minimum atomic E-state index is -3.96. The van der Waals surface area contributed by atoms with E-state index in [0.29, 0.717) is 10.2 Å². The number of anilines is 1. The summed E-state index contributed by atoms with van der Waals surface area (Å²) >= 11 is 6.89. The molecular formula is C19H19ClN6O4S2. The quantitative estimate of drug-likeness (QED) is 0.149. The Morgan fingerprint density at radius 1 is 1.38 bits per heavy atom. The first kappa shape index (κ1) is 22.3. The Bertz CT molecular complexity index is 1360. The van der Waals surface area contributed by atoms with Crippen LogP contribution in [-0.4, -0.2) is 47.7 Å². The molecule has 0 saturated carbocycles. The maximum Gasteiger partial charge on any atom is 0.250 e. The van der Waals surface area contributed by atoms with Crippen LogP contribution in [0.3, 0.4) is 0 Å². The zero-order valence-corrected chi connectivity index (χ0v) is 18.9. The number of halogens is 1. The molecule has 1 atom stereocenters. The SMILES string of the molecule is N=C(N)c1ccc(N)c(CN2CCC(NS(=O)(=O)c3cc4nc(Cl)ccc4s3)C2=O)c1O. The standard InChI is InChI=1S/C19H19ClN6O4S2/c20-15-4-3-14-13(24-15)7-16(31-14)32(29,30)25-12-5-6-26(19(12)28)8-10-11(21)2-1-9(17(10)27)18(22)23/h1-4,7,12,25,27H,5-6,8,21H2,(H3,22,23). The van der Waals surface area contributed by atoms with Gasteiger partial charge in [-0.25, -0.2) is 13.4 Å². The van der Waals surface area contributed by atoms with Crippen LogP contribution in [0.4, 0.5) is 5.69 Å². The lowest BCUT2D eigenvalue weighted by molar-refractivity contribution is -0.129. The van der Waals surface area contributed by atoms with Gasteiger partial charge >= 0.3 is 0 Å². The molecule has 7 N–H and O–H groups in total. The van der Waals surface area contributed by atoms with Crippen molar-refractivity contribution < 1.29 is 18.3 Å². The molecule has 32 heavy (non-hydrogen) atoms. The maximum absolute atomic E-state index is 12.9. The number of amidine groups is 1. The number of benzene rings is 1. The summed E-state index contributed by atoms with van der Waals surface area (Å²) < 4.78 is 28.8. The van der Waals surface area contributed by atoms with Crippen LogP contribution in [0, 0.1) is 5.41 Å². The number of sulfonamides is 1.